The summed E-state index contributed by atoms with van der Waals surface area (Å²) in [5, 5.41) is 0. The van der Waals surface area contributed by atoms with Crippen LogP contribution in [0.25, 0.3) is 0 Å². The Bertz CT molecular complexity index is 565. The highest BCUT2D eigenvalue weighted by atomic mass is 79.9. The Hall–Kier alpha value is -0.320. The molecule has 0 aliphatic heterocycles. The van der Waals surface area contributed by atoms with Crippen LogP contribution in [0.15, 0.2) is 34.8 Å². The minimum Gasteiger partial charge on any atom is -0.492 e. The molecule has 4 heteroatoms. The van der Waals surface area contributed by atoms with Crippen molar-refractivity contribution in [1.82, 2.24) is 0 Å². The topological polar surface area (TPSA) is 9.23 Å². The molecule has 108 valence electrons. The van der Waals surface area contributed by atoms with Gasteiger partial charge in [-0.15, -0.1) is 11.3 Å². The van der Waals surface area contributed by atoms with Crippen molar-refractivity contribution >= 4 is 43.2 Å². The summed E-state index contributed by atoms with van der Waals surface area (Å²) < 4.78 is 6.70. The quantitative estimate of drug-likeness (QED) is 0.497. The molecule has 1 aromatic carbocycles. The number of aryl methyl sites for hydroxylation is 1. The van der Waals surface area contributed by atoms with Crippen LogP contribution >= 0.6 is 43.2 Å². The minimum absolute atomic E-state index is 0.240. The Morgan fingerprint density at radius 3 is 2.60 bits per heavy atom. The molecule has 0 aliphatic rings. The van der Waals surface area contributed by atoms with Gasteiger partial charge in [0.15, 0.2) is 0 Å². The van der Waals surface area contributed by atoms with Gasteiger partial charge in [0.05, 0.1) is 15.9 Å². The zero-order chi connectivity index (χ0) is 14.5. The third-order valence-corrected chi connectivity index (χ3v) is 6.23. The SMILES string of the molecule is CCCOc1ccc(C(Br)c2ccc(CC)s2)cc1Br. The molecule has 0 spiro atoms. The summed E-state index contributed by atoms with van der Waals surface area (Å²) in [5.41, 5.74) is 1.24. The number of rotatable bonds is 6. The van der Waals surface area contributed by atoms with E-state index in [0.29, 0.717) is 0 Å². The Labute approximate surface area is 141 Å². The molecule has 1 nitrogen and oxygen atoms in total. The van der Waals surface area contributed by atoms with Gasteiger partial charge in [0.25, 0.3) is 0 Å². The standard InChI is InChI=1S/C16H18Br2OS/c1-3-9-19-14-7-5-11(10-13(14)17)16(18)15-8-6-12(4-2)20-15/h5-8,10,16H,3-4,9H2,1-2H3. The molecule has 1 aromatic heterocycles. The molecule has 0 saturated carbocycles. The van der Waals surface area contributed by atoms with Gasteiger partial charge in [0.1, 0.15) is 5.75 Å². The van der Waals surface area contributed by atoms with Gasteiger partial charge in [0.2, 0.25) is 0 Å². The Balaban J connectivity index is 2.17. The second-order valence-corrected chi connectivity index (χ2v) is 7.53. The number of hydrogen-bond acceptors (Lipinski definition) is 2. The fourth-order valence-electron chi connectivity index (χ4n) is 1.89. The van der Waals surface area contributed by atoms with Gasteiger partial charge in [-0.05, 0) is 58.6 Å². The number of ether oxygens (including phenoxy) is 1. The first-order chi connectivity index (χ1) is 9.65. The lowest BCUT2D eigenvalue weighted by molar-refractivity contribution is 0.315. The van der Waals surface area contributed by atoms with Crippen molar-refractivity contribution in [1.29, 1.82) is 0 Å². The maximum atomic E-state index is 5.69. The average Bonchev–Trinajstić information content (AvgIpc) is 2.94. The molecule has 1 atom stereocenters. The van der Waals surface area contributed by atoms with E-state index in [1.54, 1.807) is 0 Å². The van der Waals surface area contributed by atoms with E-state index in [-0.39, 0.29) is 4.83 Å². The van der Waals surface area contributed by atoms with E-state index in [9.17, 15) is 0 Å². The first kappa shape index (κ1) is 16.1. The second kappa shape index (κ2) is 7.62. The smallest absolute Gasteiger partial charge is 0.133 e. The second-order valence-electron chi connectivity index (χ2n) is 4.56. The van der Waals surface area contributed by atoms with E-state index in [2.05, 4.69) is 70.0 Å². The Morgan fingerprint density at radius 2 is 2.00 bits per heavy atom. The average molecular weight is 418 g/mol. The lowest BCUT2D eigenvalue weighted by Crippen LogP contribution is -1.97. The first-order valence-corrected chi connectivity index (χ1v) is 9.33. The van der Waals surface area contributed by atoms with Crippen LogP contribution in [0.5, 0.6) is 5.75 Å². The summed E-state index contributed by atoms with van der Waals surface area (Å²) in [4.78, 5) is 3.01. The van der Waals surface area contributed by atoms with Crippen molar-refractivity contribution < 1.29 is 4.74 Å². The lowest BCUT2D eigenvalue weighted by atomic mass is 10.1. The zero-order valence-electron chi connectivity index (χ0n) is 11.7. The van der Waals surface area contributed by atoms with Crippen LogP contribution in [0.3, 0.4) is 0 Å². The van der Waals surface area contributed by atoms with Crippen LogP contribution in [0.2, 0.25) is 0 Å². The van der Waals surface area contributed by atoms with E-state index in [0.717, 1.165) is 29.7 Å². The molecule has 1 heterocycles. The van der Waals surface area contributed by atoms with Gasteiger partial charge >= 0.3 is 0 Å². The summed E-state index contributed by atoms with van der Waals surface area (Å²) in [6.07, 6.45) is 2.11. The van der Waals surface area contributed by atoms with Gasteiger partial charge in [0, 0.05) is 9.75 Å². The van der Waals surface area contributed by atoms with Crippen LogP contribution in [-0.4, -0.2) is 6.61 Å². The van der Waals surface area contributed by atoms with E-state index in [1.165, 1.54) is 15.3 Å². The summed E-state index contributed by atoms with van der Waals surface area (Å²) in [6.45, 7) is 5.05. The van der Waals surface area contributed by atoms with Crippen molar-refractivity contribution in [2.75, 3.05) is 6.61 Å². The molecular formula is C16H18Br2OS. The van der Waals surface area contributed by atoms with Crippen LogP contribution in [-0.2, 0) is 6.42 Å². The number of hydrogen-bond donors (Lipinski definition) is 0. The van der Waals surface area contributed by atoms with E-state index in [1.807, 2.05) is 17.4 Å². The summed E-state index contributed by atoms with van der Waals surface area (Å²) >= 11 is 9.26. The van der Waals surface area contributed by atoms with Crippen molar-refractivity contribution in [3.63, 3.8) is 0 Å². The normalized spacial score (nSPS) is 12.4. The molecule has 0 amide bonds. The first-order valence-electron chi connectivity index (χ1n) is 6.80. The van der Waals surface area contributed by atoms with Crippen molar-refractivity contribution in [2.45, 2.75) is 31.5 Å². The summed E-state index contributed by atoms with van der Waals surface area (Å²) in [7, 11) is 0. The van der Waals surface area contributed by atoms with E-state index >= 15 is 0 Å². The van der Waals surface area contributed by atoms with Crippen LogP contribution in [0.4, 0.5) is 0 Å². The number of halogens is 2. The molecule has 0 fully saturated rings. The van der Waals surface area contributed by atoms with Crippen LogP contribution in [0.1, 0.15) is 40.4 Å². The Morgan fingerprint density at radius 1 is 1.20 bits per heavy atom. The van der Waals surface area contributed by atoms with Gasteiger partial charge in [-0.1, -0.05) is 35.8 Å². The largest absolute Gasteiger partial charge is 0.492 e. The number of thiophene rings is 1. The fraction of sp³-hybridized carbons (Fsp3) is 0.375. The van der Waals surface area contributed by atoms with Gasteiger partial charge < -0.3 is 4.74 Å². The molecule has 0 bridgehead atoms. The molecule has 0 aliphatic carbocycles. The monoisotopic (exact) mass is 416 g/mol. The summed E-state index contributed by atoms with van der Waals surface area (Å²) in [5.74, 6) is 0.913. The molecule has 2 rings (SSSR count). The molecule has 0 N–H and O–H groups in total. The van der Waals surface area contributed by atoms with Crippen molar-refractivity contribution in [3.8, 4) is 5.75 Å². The van der Waals surface area contributed by atoms with Crippen molar-refractivity contribution in [3.05, 3.63) is 50.1 Å². The number of alkyl halides is 1. The third-order valence-electron chi connectivity index (χ3n) is 2.99. The third kappa shape index (κ3) is 3.86. The highest BCUT2D eigenvalue weighted by molar-refractivity contribution is 9.10. The zero-order valence-corrected chi connectivity index (χ0v) is 15.6. The van der Waals surface area contributed by atoms with Gasteiger partial charge in [-0.25, -0.2) is 0 Å². The number of benzene rings is 1. The summed E-state index contributed by atoms with van der Waals surface area (Å²) in [6, 6.07) is 10.7. The maximum Gasteiger partial charge on any atom is 0.133 e. The highest BCUT2D eigenvalue weighted by Gasteiger charge is 2.14. The van der Waals surface area contributed by atoms with Gasteiger partial charge in [-0.3, -0.25) is 0 Å². The molecule has 1 unspecified atom stereocenters. The fourth-order valence-corrected chi connectivity index (χ4v) is 4.08. The molecule has 0 saturated heterocycles. The van der Waals surface area contributed by atoms with Crippen LogP contribution < -0.4 is 4.74 Å². The molecule has 20 heavy (non-hydrogen) atoms. The lowest BCUT2D eigenvalue weighted by Gasteiger charge is -2.12. The maximum absolute atomic E-state index is 5.69. The van der Waals surface area contributed by atoms with E-state index < -0.39 is 0 Å². The van der Waals surface area contributed by atoms with Crippen LogP contribution in [0, 0.1) is 0 Å². The minimum atomic E-state index is 0.240. The van der Waals surface area contributed by atoms with Crippen molar-refractivity contribution in [2.24, 2.45) is 0 Å². The molecule has 2 aromatic rings. The predicted molar refractivity (Wildman–Crippen MR) is 94.4 cm³/mol. The molecule has 0 radical (unpaired) electrons. The van der Waals surface area contributed by atoms with Gasteiger partial charge in [-0.2, -0.15) is 0 Å². The predicted octanol–water partition coefficient (Wildman–Crippen LogP) is 6.35. The highest BCUT2D eigenvalue weighted by Crippen LogP contribution is 2.38. The van der Waals surface area contributed by atoms with E-state index in [4.69, 9.17) is 4.74 Å². The Kier molecular flexibility index (Phi) is 6.12. The molecular weight excluding hydrogens is 400 g/mol.